The second kappa shape index (κ2) is 3.36. The number of hydrogen-bond donors (Lipinski definition) is 1. The molecule has 2 saturated heterocycles. The van der Waals surface area contributed by atoms with Crippen LogP contribution in [-0.4, -0.2) is 22.9 Å². The predicted octanol–water partition coefficient (Wildman–Crippen LogP) is 0.397. The summed E-state index contributed by atoms with van der Waals surface area (Å²) in [5, 5.41) is 2.79. The molecule has 1 atom stereocenters. The van der Waals surface area contributed by atoms with E-state index in [1.54, 1.807) is 4.90 Å². The van der Waals surface area contributed by atoms with E-state index in [4.69, 9.17) is 0 Å². The van der Waals surface area contributed by atoms with E-state index < -0.39 is 0 Å². The van der Waals surface area contributed by atoms with Crippen LogP contribution in [0.1, 0.15) is 32.1 Å². The Hall–Kier alpha value is -1.06. The highest BCUT2D eigenvalue weighted by molar-refractivity contribution is 5.82. The van der Waals surface area contributed by atoms with Crippen molar-refractivity contribution in [3.05, 3.63) is 6.54 Å². The number of nitrogens with one attached hydrogen (secondary N) is 1. The lowest BCUT2D eigenvalue weighted by atomic mass is 10.1. The summed E-state index contributed by atoms with van der Waals surface area (Å²) in [6, 6.07) is 0. The van der Waals surface area contributed by atoms with E-state index in [1.807, 2.05) is 6.54 Å². The second-order valence-electron chi connectivity index (χ2n) is 3.50. The Bertz CT molecular complexity index is 240. The predicted molar refractivity (Wildman–Crippen MR) is 46.2 cm³/mol. The Balaban J connectivity index is 1.98. The van der Waals surface area contributed by atoms with Gasteiger partial charge < -0.3 is 10.2 Å². The second-order valence-corrected chi connectivity index (χ2v) is 3.50. The third kappa shape index (κ3) is 1.66. The fourth-order valence-corrected chi connectivity index (χ4v) is 1.82. The maximum Gasteiger partial charge on any atom is 0.224 e. The van der Waals surface area contributed by atoms with Crippen LogP contribution in [0.15, 0.2) is 0 Å². The molecule has 2 rings (SSSR count). The van der Waals surface area contributed by atoms with Gasteiger partial charge in [0, 0.05) is 12.8 Å². The molecule has 2 aliphatic rings. The summed E-state index contributed by atoms with van der Waals surface area (Å²) < 4.78 is 0. The number of carbonyl (C=O) groups is 2. The minimum atomic E-state index is -0.0692. The molecule has 1 radical (unpaired) electrons. The quantitative estimate of drug-likeness (QED) is 0.636. The van der Waals surface area contributed by atoms with Crippen LogP contribution in [0, 0.1) is 6.54 Å². The maximum atomic E-state index is 11.4. The van der Waals surface area contributed by atoms with Gasteiger partial charge in [-0.15, -0.1) is 0 Å². The van der Waals surface area contributed by atoms with Crippen molar-refractivity contribution in [1.29, 1.82) is 0 Å². The molecule has 2 heterocycles. The van der Waals surface area contributed by atoms with E-state index in [-0.39, 0.29) is 18.0 Å². The SMILES string of the molecule is O=C1CCC(N2[CH]CCCC2=O)N1. The summed E-state index contributed by atoms with van der Waals surface area (Å²) in [4.78, 5) is 24.1. The van der Waals surface area contributed by atoms with E-state index in [0.717, 1.165) is 19.3 Å². The van der Waals surface area contributed by atoms with Gasteiger partial charge in [0.2, 0.25) is 11.8 Å². The highest BCUT2D eigenvalue weighted by Gasteiger charge is 2.31. The number of rotatable bonds is 1. The molecule has 2 fully saturated rings. The van der Waals surface area contributed by atoms with Crippen molar-refractivity contribution in [2.45, 2.75) is 38.3 Å². The van der Waals surface area contributed by atoms with Crippen LogP contribution in [0.2, 0.25) is 0 Å². The number of nitrogens with zero attached hydrogens (tertiary/aromatic N) is 1. The zero-order valence-corrected chi connectivity index (χ0v) is 7.45. The van der Waals surface area contributed by atoms with Crippen LogP contribution < -0.4 is 5.32 Å². The fraction of sp³-hybridized carbons (Fsp3) is 0.667. The minimum Gasteiger partial charge on any atom is -0.336 e. The van der Waals surface area contributed by atoms with Gasteiger partial charge in [0.05, 0.1) is 6.54 Å². The summed E-state index contributed by atoms with van der Waals surface area (Å²) in [5.41, 5.74) is 0. The molecule has 1 unspecified atom stereocenters. The monoisotopic (exact) mass is 181 g/mol. The maximum absolute atomic E-state index is 11.4. The number of likely N-dealkylation sites (tertiary alicyclic amines) is 1. The van der Waals surface area contributed by atoms with Crippen molar-refractivity contribution in [3.8, 4) is 0 Å². The van der Waals surface area contributed by atoms with Crippen LogP contribution in [0.25, 0.3) is 0 Å². The van der Waals surface area contributed by atoms with Crippen LogP contribution >= 0.6 is 0 Å². The number of carbonyl (C=O) groups excluding carboxylic acids is 2. The van der Waals surface area contributed by atoms with Gasteiger partial charge >= 0.3 is 0 Å². The molecule has 4 nitrogen and oxygen atoms in total. The molecular formula is C9H13N2O2. The van der Waals surface area contributed by atoms with Gasteiger partial charge in [0.1, 0.15) is 6.17 Å². The van der Waals surface area contributed by atoms with Crippen molar-refractivity contribution in [2.24, 2.45) is 0 Å². The lowest BCUT2D eigenvalue weighted by Gasteiger charge is -2.31. The highest BCUT2D eigenvalue weighted by atomic mass is 16.2. The van der Waals surface area contributed by atoms with Crippen LogP contribution in [0.5, 0.6) is 0 Å². The highest BCUT2D eigenvalue weighted by Crippen LogP contribution is 2.20. The van der Waals surface area contributed by atoms with Crippen LogP contribution in [0.4, 0.5) is 0 Å². The summed E-state index contributed by atoms with van der Waals surface area (Å²) in [6.45, 7) is 1.90. The van der Waals surface area contributed by atoms with Gasteiger partial charge in [0.25, 0.3) is 0 Å². The lowest BCUT2D eigenvalue weighted by Crippen LogP contribution is -2.46. The third-order valence-corrected chi connectivity index (χ3v) is 2.52. The van der Waals surface area contributed by atoms with Gasteiger partial charge in [-0.3, -0.25) is 9.59 Å². The minimum absolute atomic E-state index is 0.0526. The summed E-state index contributed by atoms with van der Waals surface area (Å²) in [6.07, 6.45) is 3.72. The van der Waals surface area contributed by atoms with Crippen molar-refractivity contribution >= 4 is 11.8 Å². The van der Waals surface area contributed by atoms with E-state index in [2.05, 4.69) is 5.32 Å². The van der Waals surface area contributed by atoms with Crippen molar-refractivity contribution < 1.29 is 9.59 Å². The molecule has 0 aliphatic carbocycles. The van der Waals surface area contributed by atoms with Crippen molar-refractivity contribution in [2.75, 3.05) is 0 Å². The first-order valence-corrected chi connectivity index (χ1v) is 4.71. The van der Waals surface area contributed by atoms with E-state index >= 15 is 0 Å². The van der Waals surface area contributed by atoms with E-state index in [9.17, 15) is 9.59 Å². The topological polar surface area (TPSA) is 49.4 Å². The average Bonchev–Trinajstić information content (AvgIpc) is 2.53. The Kier molecular flexibility index (Phi) is 2.20. The summed E-state index contributed by atoms with van der Waals surface area (Å²) in [7, 11) is 0. The molecule has 0 aromatic heterocycles. The lowest BCUT2D eigenvalue weighted by molar-refractivity contribution is -0.134. The molecule has 0 saturated carbocycles. The standard InChI is InChI=1S/C9H13N2O2/c12-8-5-4-7(10-8)11-6-2-1-3-9(11)13/h6-7H,1-5H2,(H,10,12). The number of hydrogen-bond acceptors (Lipinski definition) is 2. The summed E-state index contributed by atoms with van der Waals surface area (Å²) in [5.74, 6) is 0.190. The third-order valence-electron chi connectivity index (χ3n) is 2.52. The first-order chi connectivity index (χ1) is 6.27. The largest absolute Gasteiger partial charge is 0.336 e. The molecule has 2 aliphatic heterocycles. The molecule has 0 spiro atoms. The zero-order valence-electron chi connectivity index (χ0n) is 7.45. The Morgan fingerprint density at radius 2 is 2.23 bits per heavy atom. The van der Waals surface area contributed by atoms with Gasteiger partial charge in [-0.2, -0.15) is 0 Å². The average molecular weight is 181 g/mol. The van der Waals surface area contributed by atoms with E-state index in [1.165, 1.54) is 0 Å². The molecule has 0 bridgehead atoms. The van der Waals surface area contributed by atoms with Crippen molar-refractivity contribution in [3.63, 3.8) is 0 Å². The summed E-state index contributed by atoms with van der Waals surface area (Å²) >= 11 is 0. The fourth-order valence-electron chi connectivity index (χ4n) is 1.82. The molecular weight excluding hydrogens is 168 g/mol. The van der Waals surface area contributed by atoms with E-state index in [0.29, 0.717) is 12.8 Å². The Morgan fingerprint density at radius 3 is 2.85 bits per heavy atom. The smallest absolute Gasteiger partial charge is 0.224 e. The molecule has 4 heteroatoms. The molecule has 2 amide bonds. The number of piperidine rings is 1. The molecule has 71 valence electrons. The van der Waals surface area contributed by atoms with Gasteiger partial charge in [-0.05, 0) is 19.3 Å². The Labute approximate surface area is 77.3 Å². The molecule has 1 N–H and O–H groups in total. The van der Waals surface area contributed by atoms with Crippen LogP contribution in [-0.2, 0) is 9.59 Å². The van der Waals surface area contributed by atoms with Gasteiger partial charge in [-0.25, -0.2) is 0 Å². The van der Waals surface area contributed by atoms with Gasteiger partial charge in [0.15, 0.2) is 0 Å². The van der Waals surface area contributed by atoms with Crippen LogP contribution in [0.3, 0.4) is 0 Å². The zero-order chi connectivity index (χ0) is 9.26. The molecule has 13 heavy (non-hydrogen) atoms. The van der Waals surface area contributed by atoms with Gasteiger partial charge in [-0.1, -0.05) is 0 Å². The first kappa shape index (κ1) is 8.53. The molecule has 0 aromatic carbocycles. The normalized spacial score (nSPS) is 29.2. The molecule has 0 aromatic rings. The number of amides is 2. The first-order valence-electron chi connectivity index (χ1n) is 4.71. The Morgan fingerprint density at radius 1 is 1.38 bits per heavy atom. The van der Waals surface area contributed by atoms with Crippen molar-refractivity contribution in [1.82, 2.24) is 10.2 Å².